The second kappa shape index (κ2) is 6.92. The lowest BCUT2D eigenvalue weighted by Crippen LogP contribution is -2.44. The SMILES string of the molecule is COc1ccc2c(c1)/C(=C\N1CCN(c3cccc(Cl)c3)CC1)C(=O)N2. The smallest absolute Gasteiger partial charge is 0.257 e. The molecule has 2 aromatic carbocycles. The van der Waals surface area contributed by atoms with Crippen molar-refractivity contribution in [3.05, 3.63) is 59.3 Å². The van der Waals surface area contributed by atoms with Gasteiger partial charge in [-0.15, -0.1) is 0 Å². The monoisotopic (exact) mass is 369 g/mol. The summed E-state index contributed by atoms with van der Waals surface area (Å²) in [6.07, 6.45) is 1.97. The average molecular weight is 370 g/mol. The van der Waals surface area contributed by atoms with E-state index in [1.807, 2.05) is 42.6 Å². The Bertz CT molecular complexity index is 873. The molecule has 0 aromatic heterocycles. The maximum absolute atomic E-state index is 12.4. The van der Waals surface area contributed by atoms with Gasteiger partial charge in [0.25, 0.3) is 5.91 Å². The molecule has 0 atom stereocenters. The number of methoxy groups -OCH3 is 1. The number of carbonyl (C=O) groups excluding carboxylic acids is 1. The summed E-state index contributed by atoms with van der Waals surface area (Å²) in [6.45, 7) is 3.47. The average Bonchev–Trinajstić information content (AvgIpc) is 2.97. The summed E-state index contributed by atoms with van der Waals surface area (Å²) < 4.78 is 5.29. The molecule has 1 saturated heterocycles. The Labute approximate surface area is 157 Å². The number of hydrogen-bond donors (Lipinski definition) is 1. The molecular weight excluding hydrogens is 350 g/mol. The van der Waals surface area contributed by atoms with Gasteiger partial charge in [-0.2, -0.15) is 0 Å². The van der Waals surface area contributed by atoms with Crippen molar-refractivity contribution in [1.82, 2.24) is 4.90 Å². The molecule has 0 unspecified atom stereocenters. The quantitative estimate of drug-likeness (QED) is 0.841. The Morgan fingerprint density at radius 3 is 2.65 bits per heavy atom. The lowest BCUT2D eigenvalue weighted by molar-refractivity contribution is -0.110. The topological polar surface area (TPSA) is 44.8 Å². The van der Waals surface area contributed by atoms with Gasteiger partial charge in [0.2, 0.25) is 0 Å². The minimum Gasteiger partial charge on any atom is -0.497 e. The summed E-state index contributed by atoms with van der Waals surface area (Å²) in [6, 6.07) is 13.6. The lowest BCUT2D eigenvalue weighted by atomic mass is 10.1. The summed E-state index contributed by atoms with van der Waals surface area (Å²) in [7, 11) is 1.63. The van der Waals surface area contributed by atoms with Crippen LogP contribution in [0, 0.1) is 0 Å². The molecule has 0 aliphatic carbocycles. The van der Waals surface area contributed by atoms with Crippen molar-refractivity contribution in [1.29, 1.82) is 0 Å². The van der Waals surface area contributed by atoms with Crippen LogP contribution >= 0.6 is 11.6 Å². The van der Waals surface area contributed by atoms with Crippen molar-refractivity contribution in [2.75, 3.05) is 43.5 Å². The summed E-state index contributed by atoms with van der Waals surface area (Å²) in [4.78, 5) is 16.9. The number of ether oxygens (including phenoxy) is 1. The summed E-state index contributed by atoms with van der Waals surface area (Å²) in [5.74, 6) is 0.683. The van der Waals surface area contributed by atoms with Gasteiger partial charge in [0.05, 0.1) is 12.7 Å². The van der Waals surface area contributed by atoms with Gasteiger partial charge in [0.15, 0.2) is 0 Å². The Morgan fingerprint density at radius 2 is 1.92 bits per heavy atom. The van der Waals surface area contributed by atoms with Crippen LogP contribution in [0.3, 0.4) is 0 Å². The fraction of sp³-hybridized carbons (Fsp3) is 0.250. The van der Waals surface area contributed by atoms with Crippen molar-refractivity contribution in [3.63, 3.8) is 0 Å². The maximum atomic E-state index is 12.4. The minimum atomic E-state index is -0.0643. The zero-order valence-electron chi connectivity index (χ0n) is 14.5. The number of anilines is 2. The van der Waals surface area contributed by atoms with E-state index in [4.69, 9.17) is 16.3 Å². The molecule has 2 aliphatic rings. The van der Waals surface area contributed by atoms with Gasteiger partial charge >= 0.3 is 0 Å². The molecular formula is C20H20ClN3O2. The normalized spacial score (nSPS) is 18.1. The molecule has 0 spiro atoms. The molecule has 1 amide bonds. The summed E-state index contributed by atoms with van der Waals surface area (Å²) in [5.41, 5.74) is 3.56. The van der Waals surface area contributed by atoms with E-state index < -0.39 is 0 Å². The zero-order chi connectivity index (χ0) is 18.1. The van der Waals surface area contributed by atoms with Gasteiger partial charge in [0.1, 0.15) is 5.75 Å². The second-order valence-electron chi connectivity index (χ2n) is 6.41. The first-order chi connectivity index (χ1) is 12.6. The molecule has 0 bridgehead atoms. The van der Waals surface area contributed by atoms with Crippen LogP contribution in [-0.4, -0.2) is 44.1 Å². The molecule has 134 valence electrons. The maximum Gasteiger partial charge on any atom is 0.257 e. The van der Waals surface area contributed by atoms with Gasteiger partial charge in [-0.1, -0.05) is 17.7 Å². The number of rotatable bonds is 3. The van der Waals surface area contributed by atoms with Gasteiger partial charge in [-0.25, -0.2) is 0 Å². The number of nitrogens with zero attached hydrogens (tertiary/aromatic N) is 2. The molecule has 5 nitrogen and oxygen atoms in total. The second-order valence-corrected chi connectivity index (χ2v) is 6.85. The third-order valence-corrected chi connectivity index (χ3v) is 5.04. The fourth-order valence-electron chi connectivity index (χ4n) is 3.39. The molecule has 0 saturated carbocycles. The van der Waals surface area contributed by atoms with Crippen LogP contribution < -0.4 is 15.0 Å². The van der Waals surface area contributed by atoms with Crippen LogP contribution in [0.25, 0.3) is 5.57 Å². The number of nitrogens with one attached hydrogen (secondary N) is 1. The van der Waals surface area contributed by atoms with Crippen LogP contribution in [0.5, 0.6) is 5.75 Å². The third-order valence-electron chi connectivity index (χ3n) is 4.81. The highest BCUT2D eigenvalue weighted by molar-refractivity contribution is 6.31. The number of amides is 1. The Balaban J connectivity index is 1.50. The minimum absolute atomic E-state index is 0.0643. The van der Waals surface area contributed by atoms with E-state index in [9.17, 15) is 4.79 Å². The molecule has 4 rings (SSSR count). The van der Waals surface area contributed by atoms with Crippen LogP contribution in [-0.2, 0) is 4.79 Å². The zero-order valence-corrected chi connectivity index (χ0v) is 15.3. The Kier molecular flexibility index (Phi) is 4.47. The summed E-state index contributed by atoms with van der Waals surface area (Å²) >= 11 is 6.09. The number of piperazine rings is 1. The van der Waals surface area contributed by atoms with Crippen LogP contribution in [0.2, 0.25) is 5.02 Å². The predicted molar refractivity (Wildman–Crippen MR) is 105 cm³/mol. The van der Waals surface area contributed by atoms with E-state index in [1.165, 1.54) is 0 Å². The number of hydrogen-bond acceptors (Lipinski definition) is 4. The van der Waals surface area contributed by atoms with E-state index in [2.05, 4.69) is 21.2 Å². The van der Waals surface area contributed by atoms with Crippen LogP contribution in [0.1, 0.15) is 5.56 Å². The highest BCUT2D eigenvalue weighted by Crippen LogP contribution is 2.35. The Morgan fingerprint density at radius 1 is 1.12 bits per heavy atom. The highest BCUT2D eigenvalue weighted by atomic mass is 35.5. The molecule has 2 aromatic rings. The van der Waals surface area contributed by atoms with E-state index in [1.54, 1.807) is 7.11 Å². The van der Waals surface area contributed by atoms with Gasteiger partial charge < -0.3 is 19.9 Å². The van der Waals surface area contributed by atoms with E-state index in [0.29, 0.717) is 5.57 Å². The third kappa shape index (κ3) is 3.22. The molecule has 0 radical (unpaired) electrons. The standard InChI is InChI=1S/C20H20ClN3O2/c1-26-16-5-6-19-17(12-16)18(20(25)22-19)13-23-7-9-24(10-8-23)15-4-2-3-14(21)11-15/h2-6,11-13H,7-10H2,1H3,(H,22,25)/b18-13+. The van der Waals surface area contributed by atoms with E-state index in [-0.39, 0.29) is 5.91 Å². The molecule has 2 heterocycles. The van der Waals surface area contributed by atoms with Crippen molar-refractivity contribution >= 4 is 34.5 Å². The molecule has 1 fully saturated rings. The summed E-state index contributed by atoms with van der Waals surface area (Å²) in [5, 5.41) is 3.66. The van der Waals surface area contributed by atoms with E-state index in [0.717, 1.165) is 53.9 Å². The number of fused-ring (bicyclic) bond motifs is 1. The number of benzene rings is 2. The van der Waals surface area contributed by atoms with Crippen molar-refractivity contribution < 1.29 is 9.53 Å². The highest BCUT2D eigenvalue weighted by Gasteiger charge is 2.26. The first-order valence-corrected chi connectivity index (χ1v) is 8.98. The van der Waals surface area contributed by atoms with Crippen molar-refractivity contribution in [2.24, 2.45) is 0 Å². The Hall–Kier alpha value is -2.66. The number of carbonyl (C=O) groups is 1. The van der Waals surface area contributed by atoms with Crippen LogP contribution in [0.15, 0.2) is 48.7 Å². The fourth-order valence-corrected chi connectivity index (χ4v) is 3.57. The molecule has 6 heteroatoms. The predicted octanol–water partition coefficient (Wildman–Crippen LogP) is 3.46. The number of halogens is 1. The first kappa shape index (κ1) is 16.8. The first-order valence-electron chi connectivity index (χ1n) is 8.60. The van der Waals surface area contributed by atoms with Crippen molar-refractivity contribution in [2.45, 2.75) is 0 Å². The van der Waals surface area contributed by atoms with Crippen LogP contribution in [0.4, 0.5) is 11.4 Å². The molecule has 26 heavy (non-hydrogen) atoms. The molecule has 1 N–H and O–H groups in total. The van der Waals surface area contributed by atoms with E-state index >= 15 is 0 Å². The van der Waals surface area contributed by atoms with Crippen molar-refractivity contribution in [3.8, 4) is 5.75 Å². The van der Waals surface area contributed by atoms with Gasteiger partial charge in [-0.3, -0.25) is 4.79 Å². The van der Waals surface area contributed by atoms with Gasteiger partial charge in [-0.05, 0) is 36.4 Å². The lowest BCUT2D eigenvalue weighted by Gasteiger charge is -2.35. The largest absolute Gasteiger partial charge is 0.497 e. The van der Waals surface area contributed by atoms with Gasteiger partial charge in [0, 0.05) is 54.3 Å². The molecule has 2 aliphatic heterocycles.